The Balaban J connectivity index is 2.16. The lowest BCUT2D eigenvalue weighted by atomic mass is 10.1. The van der Waals surface area contributed by atoms with Crippen molar-refractivity contribution in [3.05, 3.63) is 0 Å². The molecular formula is C28H47N5O8. The summed E-state index contributed by atoms with van der Waals surface area (Å²) in [6.07, 6.45) is 1.23. The van der Waals surface area contributed by atoms with Crippen molar-refractivity contribution in [3.63, 3.8) is 0 Å². The lowest BCUT2D eigenvalue weighted by Crippen LogP contribution is -2.57. The first-order valence-electron chi connectivity index (χ1n) is 14.3. The molecule has 2 aliphatic heterocycles. The van der Waals surface area contributed by atoms with Crippen LogP contribution in [0.4, 0.5) is 0 Å². The summed E-state index contributed by atoms with van der Waals surface area (Å²) in [6.45, 7) is 8.49. The number of nitrogens with one attached hydrogen (secondary N) is 1. The van der Waals surface area contributed by atoms with Gasteiger partial charge in [0.1, 0.15) is 24.2 Å². The van der Waals surface area contributed by atoms with E-state index in [1.807, 2.05) is 6.92 Å². The van der Waals surface area contributed by atoms with Crippen LogP contribution in [0.3, 0.4) is 0 Å². The number of hydrogen-bond acceptors (Lipinski definition) is 9. The van der Waals surface area contributed by atoms with Crippen molar-refractivity contribution in [1.82, 2.24) is 24.9 Å². The summed E-state index contributed by atoms with van der Waals surface area (Å²) in [5.41, 5.74) is 0. The first-order valence-corrected chi connectivity index (χ1v) is 14.3. The maximum atomic E-state index is 13.6. The Bertz CT molecular complexity index is 960. The van der Waals surface area contributed by atoms with E-state index in [9.17, 15) is 28.8 Å². The summed E-state index contributed by atoms with van der Waals surface area (Å²) in [4.78, 5) is 82.0. The topological polar surface area (TPSA) is 146 Å². The molecule has 4 amide bonds. The molecule has 41 heavy (non-hydrogen) atoms. The fraction of sp³-hybridized carbons (Fsp3) is 0.786. The molecule has 2 heterocycles. The van der Waals surface area contributed by atoms with Crippen molar-refractivity contribution in [2.24, 2.45) is 5.92 Å². The van der Waals surface area contributed by atoms with Gasteiger partial charge in [0.25, 0.3) is 6.47 Å². The smallest absolute Gasteiger partial charge is 0.320 e. The molecule has 0 bridgehead atoms. The number of rotatable bonds is 14. The minimum absolute atomic E-state index is 0.0101. The van der Waals surface area contributed by atoms with Crippen molar-refractivity contribution in [1.29, 1.82) is 0 Å². The molecule has 0 aromatic heterocycles. The summed E-state index contributed by atoms with van der Waals surface area (Å²) >= 11 is 0. The summed E-state index contributed by atoms with van der Waals surface area (Å²) in [5, 5.41) is 2.76. The van der Waals surface area contributed by atoms with Gasteiger partial charge in [-0.05, 0) is 60.0 Å². The summed E-state index contributed by atoms with van der Waals surface area (Å²) in [5.74, 6) is -1.59. The number of esters is 1. The van der Waals surface area contributed by atoms with Crippen LogP contribution in [0.1, 0.15) is 59.8 Å². The van der Waals surface area contributed by atoms with Crippen molar-refractivity contribution in [2.45, 2.75) is 90.1 Å². The average Bonchev–Trinajstić information content (AvgIpc) is 3.51. The molecule has 232 valence electrons. The van der Waals surface area contributed by atoms with Gasteiger partial charge in [0, 0.05) is 32.6 Å². The molecule has 2 saturated heterocycles. The van der Waals surface area contributed by atoms with E-state index in [0.717, 1.165) is 6.42 Å². The molecule has 0 aromatic carbocycles. The molecule has 2 aliphatic rings. The number of ether oxygens (including phenoxy) is 2. The van der Waals surface area contributed by atoms with Gasteiger partial charge in [0.15, 0.2) is 0 Å². The zero-order valence-corrected chi connectivity index (χ0v) is 25.5. The third-order valence-corrected chi connectivity index (χ3v) is 7.62. The Kier molecular flexibility index (Phi) is 13.0. The second kappa shape index (κ2) is 15.7. The van der Waals surface area contributed by atoms with Crippen LogP contribution in [0.25, 0.3) is 0 Å². The Hall–Kier alpha value is -3.22. The van der Waals surface area contributed by atoms with Gasteiger partial charge in [-0.15, -0.1) is 0 Å². The number of carbonyl (C=O) groups is 6. The van der Waals surface area contributed by atoms with Crippen LogP contribution >= 0.6 is 0 Å². The largest absolute Gasteiger partial charge is 0.465 e. The molecule has 0 spiro atoms. The maximum Gasteiger partial charge on any atom is 0.320 e. The first-order chi connectivity index (χ1) is 19.3. The van der Waals surface area contributed by atoms with Gasteiger partial charge >= 0.3 is 5.97 Å². The predicted octanol–water partition coefficient (Wildman–Crippen LogP) is 0.0125. The van der Waals surface area contributed by atoms with E-state index in [-0.39, 0.29) is 50.3 Å². The van der Waals surface area contributed by atoms with Crippen molar-refractivity contribution >= 4 is 36.1 Å². The summed E-state index contributed by atoms with van der Waals surface area (Å²) < 4.78 is 10.1. The highest BCUT2D eigenvalue weighted by Crippen LogP contribution is 2.24. The highest BCUT2D eigenvalue weighted by Gasteiger charge is 2.40. The molecule has 6 atom stereocenters. The fourth-order valence-corrected chi connectivity index (χ4v) is 5.53. The van der Waals surface area contributed by atoms with E-state index in [1.54, 1.807) is 37.7 Å². The van der Waals surface area contributed by atoms with E-state index in [4.69, 9.17) is 9.47 Å². The molecule has 2 fully saturated rings. The maximum absolute atomic E-state index is 13.6. The monoisotopic (exact) mass is 581 g/mol. The molecule has 13 nitrogen and oxygen atoms in total. The van der Waals surface area contributed by atoms with E-state index in [0.29, 0.717) is 31.8 Å². The van der Waals surface area contributed by atoms with Gasteiger partial charge in [-0.1, -0.05) is 6.92 Å². The molecule has 0 saturated carbocycles. The standard InChI is InChI=1S/C28H47N5O8/c1-18-13-19(2)33(15-18)27(38)21(4)29-26(37)22(10-12-40-25(36)16-30(5)6)31(7)28(39)23-9-8-11-32(23)24(35)14-20(3)41-17-34/h17-23H,8-16H2,1-7H3,(H,29,37)/t18-,19?,20?,21?,22?,23?/m1/s1. The number of nitrogens with zero attached hydrogens (tertiary/aromatic N) is 4. The van der Waals surface area contributed by atoms with Gasteiger partial charge in [-0.25, -0.2) is 0 Å². The number of amides is 4. The van der Waals surface area contributed by atoms with Crippen molar-refractivity contribution in [2.75, 3.05) is 47.4 Å². The highest BCUT2D eigenvalue weighted by molar-refractivity contribution is 5.94. The van der Waals surface area contributed by atoms with E-state index in [2.05, 4.69) is 12.2 Å². The lowest BCUT2D eigenvalue weighted by Gasteiger charge is -2.33. The third kappa shape index (κ3) is 9.68. The number of likely N-dealkylation sites (N-methyl/N-ethyl adjacent to an activating group) is 2. The SMILES string of the molecule is CC(CC(=O)N1CCCC1C(=O)N(C)C(CCOC(=O)CN(C)C)C(=O)NC(C)C(=O)N1C[C@H](C)CC1C)OC=O. The molecule has 0 aliphatic carbocycles. The molecule has 13 heteroatoms. The Morgan fingerprint density at radius 2 is 1.76 bits per heavy atom. The molecule has 1 N–H and O–H groups in total. The quantitative estimate of drug-likeness (QED) is 0.221. The van der Waals surface area contributed by atoms with E-state index < -0.39 is 42.0 Å². The lowest BCUT2D eigenvalue weighted by molar-refractivity contribution is -0.151. The fourth-order valence-electron chi connectivity index (χ4n) is 5.53. The molecule has 5 unspecified atom stereocenters. The highest BCUT2D eigenvalue weighted by atomic mass is 16.5. The van der Waals surface area contributed by atoms with Crippen LogP contribution in [0.5, 0.6) is 0 Å². The minimum atomic E-state index is -1.05. The van der Waals surface area contributed by atoms with Crippen LogP contribution < -0.4 is 5.32 Å². The van der Waals surface area contributed by atoms with Gasteiger partial charge in [0.2, 0.25) is 23.6 Å². The van der Waals surface area contributed by atoms with Crippen molar-refractivity contribution < 1.29 is 38.2 Å². The molecular weight excluding hydrogens is 534 g/mol. The summed E-state index contributed by atoms with van der Waals surface area (Å²) in [7, 11) is 4.93. The van der Waals surface area contributed by atoms with Crippen LogP contribution in [0.15, 0.2) is 0 Å². The first kappa shape index (κ1) is 34.0. The minimum Gasteiger partial charge on any atom is -0.465 e. The van der Waals surface area contributed by atoms with Crippen LogP contribution in [0, 0.1) is 5.92 Å². The van der Waals surface area contributed by atoms with Crippen molar-refractivity contribution in [3.8, 4) is 0 Å². The van der Waals surface area contributed by atoms with Crippen LogP contribution in [-0.2, 0) is 38.2 Å². The second-order valence-electron chi connectivity index (χ2n) is 11.6. The van der Waals surface area contributed by atoms with Crippen LogP contribution in [-0.4, -0.2) is 133 Å². The Morgan fingerprint density at radius 3 is 2.34 bits per heavy atom. The number of hydrogen-bond donors (Lipinski definition) is 1. The number of carbonyl (C=O) groups excluding carboxylic acids is 6. The van der Waals surface area contributed by atoms with E-state index >= 15 is 0 Å². The van der Waals surface area contributed by atoms with Gasteiger partial charge in [-0.3, -0.25) is 33.7 Å². The Morgan fingerprint density at radius 1 is 1.07 bits per heavy atom. The zero-order valence-electron chi connectivity index (χ0n) is 25.5. The molecule has 0 aromatic rings. The number of likely N-dealkylation sites (tertiary alicyclic amines) is 2. The van der Waals surface area contributed by atoms with Crippen LogP contribution in [0.2, 0.25) is 0 Å². The molecule has 0 radical (unpaired) electrons. The normalized spacial score (nSPS) is 22.6. The van der Waals surface area contributed by atoms with Gasteiger partial charge in [0.05, 0.1) is 19.6 Å². The summed E-state index contributed by atoms with van der Waals surface area (Å²) in [6, 6.07) is -2.58. The van der Waals surface area contributed by atoms with E-state index in [1.165, 1.54) is 16.8 Å². The third-order valence-electron chi connectivity index (χ3n) is 7.62. The molecule has 2 rings (SSSR count). The van der Waals surface area contributed by atoms with Gasteiger partial charge < -0.3 is 29.5 Å². The predicted molar refractivity (Wildman–Crippen MR) is 149 cm³/mol. The second-order valence-corrected chi connectivity index (χ2v) is 11.6. The zero-order chi connectivity index (χ0) is 30.9. The Labute approximate surface area is 242 Å². The van der Waals surface area contributed by atoms with Gasteiger partial charge in [-0.2, -0.15) is 0 Å². The average molecular weight is 582 g/mol.